The van der Waals surface area contributed by atoms with Crippen molar-refractivity contribution in [2.75, 3.05) is 26.0 Å². The van der Waals surface area contributed by atoms with Crippen molar-refractivity contribution in [3.63, 3.8) is 0 Å². The highest BCUT2D eigenvalue weighted by atomic mass is 16.5. The lowest BCUT2D eigenvalue weighted by Gasteiger charge is -2.24. The third-order valence-electron chi connectivity index (χ3n) is 4.61. The minimum absolute atomic E-state index is 0.0230. The van der Waals surface area contributed by atoms with Gasteiger partial charge in [0.05, 0.1) is 14.2 Å². The lowest BCUT2D eigenvalue weighted by atomic mass is 10.0. The topological polar surface area (TPSA) is 71.9 Å². The fourth-order valence-corrected chi connectivity index (χ4v) is 3.08. The summed E-state index contributed by atoms with van der Waals surface area (Å²) in [5, 5.41) is 5.94. The van der Waals surface area contributed by atoms with Gasteiger partial charge in [-0.1, -0.05) is 36.4 Å². The number of nitrogens with one attached hydrogen (secondary N) is 3. The van der Waals surface area contributed by atoms with Crippen LogP contribution in [0.15, 0.2) is 54.6 Å². The summed E-state index contributed by atoms with van der Waals surface area (Å²) in [5.41, 5.74) is 1.53. The predicted molar refractivity (Wildman–Crippen MR) is 104 cm³/mol. The number of rotatable bonds is 8. The Hall–Kier alpha value is -2.86. The Morgan fingerprint density at radius 1 is 1.15 bits per heavy atom. The number of carbonyl (C=O) groups excluding carboxylic acids is 2. The molecule has 1 aliphatic carbocycles. The van der Waals surface area contributed by atoms with Crippen LogP contribution in [0, 0.1) is 0 Å². The second-order valence-electron chi connectivity index (χ2n) is 6.93. The summed E-state index contributed by atoms with van der Waals surface area (Å²) in [6.07, 6.45) is 2.09. The molecule has 27 heavy (non-hydrogen) atoms. The minimum atomic E-state index is -0.498. The number of anilines is 1. The van der Waals surface area contributed by atoms with Crippen LogP contribution in [0.5, 0.6) is 5.75 Å². The highest BCUT2D eigenvalue weighted by Gasteiger charge is 2.32. The maximum absolute atomic E-state index is 13.1. The van der Waals surface area contributed by atoms with Crippen LogP contribution in [0.25, 0.3) is 0 Å². The molecule has 0 aromatic heterocycles. The Balaban J connectivity index is 1.75. The zero-order valence-corrected chi connectivity index (χ0v) is 15.7. The van der Waals surface area contributed by atoms with Crippen LogP contribution in [-0.2, 0) is 9.59 Å². The molecule has 0 bridgehead atoms. The number of hydrogen-bond donors (Lipinski definition) is 3. The molecule has 2 amide bonds. The van der Waals surface area contributed by atoms with Gasteiger partial charge in [-0.05, 0) is 25.0 Å². The minimum Gasteiger partial charge on any atom is -0.497 e. The lowest BCUT2D eigenvalue weighted by molar-refractivity contribution is -0.894. The second kappa shape index (κ2) is 8.68. The molecule has 0 aliphatic heterocycles. The first-order valence-corrected chi connectivity index (χ1v) is 9.18. The van der Waals surface area contributed by atoms with Crippen LogP contribution in [0.3, 0.4) is 0 Å². The average Bonchev–Trinajstić information content (AvgIpc) is 3.46. The zero-order chi connectivity index (χ0) is 19.2. The van der Waals surface area contributed by atoms with Gasteiger partial charge in [-0.2, -0.15) is 0 Å². The van der Waals surface area contributed by atoms with Crippen molar-refractivity contribution in [2.45, 2.75) is 24.9 Å². The molecule has 1 aliphatic rings. The monoisotopic (exact) mass is 368 g/mol. The van der Waals surface area contributed by atoms with Gasteiger partial charge in [-0.15, -0.1) is 0 Å². The number of methoxy groups -OCH3 is 1. The van der Waals surface area contributed by atoms with E-state index in [0.29, 0.717) is 17.5 Å². The van der Waals surface area contributed by atoms with E-state index in [1.54, 1.807) is 13.2 Å². The molecule has 2 atom stereocenters. The number of benzene rings is 2. The van der Waals surface area contributed by atoms with E-state index in [2.05, 4.69) is 10.6 Å². The molecule has 2 aromatic rings. The summed E-state index contributed by atoms with van der Waals surface area (Å²) in [6.45, 7) is 0.238. The zero-order valence-electron chi connectivity index (χ0n) is 15.7. The van der Waals surface area contributed by atoms with E-state index in [0.717, 1.165) is 23.3 Å². The molecular formula is C21H26N3O3+. The standard InChI is InChI=1S/C21H25N3O3/c1-24(14-19(25)22-16-11-12-16)20(15-7-4-3-5-8-15)21(26)23-17-9-6-10-18(13-17)27-2/h3-10,13,16,20H,11-12,14H2,1-2H3,(H,22,25)(H,23,26)/p+1/t20-/m0/s1. The van der Waals surface area contributed by atoms with Gasteiger partial charge in [0.2, 0.25) is 0 Å². The molecule has 2 aromatic carbocycles. The maximum Gasteiger partial charge on any atom is 0.287 e. The molecule has 6 nitrogen and oxygen atoms in total. The summed E-state index contributed by atoms with van der Waals surface area (Å²) < 4.78 is 5.22. The van der Waals surface area contributed by atoms with Gasteiger partial charge >= 0.3 is 0 Å². The SMILES string of the molecule is COc1cccc(NC(=O)[C@H](c2ccccc2)[NH+](C)CC(=O)NC2CC2)c1. The first kappa shape index (κ1) is 18.9. The quantitative estimate of drug-likeness (QED) is 0.655. The maximum atomic E-state index is 13.1. The van der Waals surface area contributed by atoms with Crippen molar-refractivity contribution in [1.82, 2.24) is 5.32 Å². The van der Waals surface area contributed by atoms with Crippen LogP contribution in [0.1, 0.15) is 24.4 Å². The summed E-state index contributed by atoms with van der Waals surface area (Å²) in [7, 11) is 3.46. The van der Waals surface area contributed by atoms with E-state index in [-0.39, 0.29) is 18.4 Å². The molecule has 142 valence electrons. The molecule has 0 spiro atoms. The number of hydrogen-bond acceptors (Lipinski definition) is 3. The largest absolute Gasteiger partial charge is 0.497 e. The number of ether oxygens (including phenoxy) is 1. The number of likely N-dealkylation sites (N-methyl/N-ethyl adjacent to an activating group) is 1. The first-order valence-electron chi connectivity index (χ1n) is 9.18. The van der Waals surface area contributed by atoms with E-state index >= 15 is 0 Å². The Morgan fingerprint density at radius 2 is 1.89 bits per heavy atom. The van der Waals surface area contributed by atoms with Crippen LogP contribution in [-0.4, -0.2) is 38.6 Å². The Morgan fingerprint density at radius 3 is 2.56 bits per heavy atom. The van der Waals surface area contributed by atoms with Gasteiger partial charge in [0.25, 0.3) is 11.8 Å². The molecule has 6 heteroatoms. The van der Waals surface area contributed by atoms with Gasteiger partial charge in [0, 0.05) is 23.4 Å². The molecule has 0 radical (unpaired) electrons. The van der Waals surface area contributed by atoms with Crippen LogP contribution >= 0.6 is 0 Å². The number of carbonyl (C=O) groups is 2. The van der Waals surface area contributed by atoms with Crippen molar-refractivity contribution in [1.29, 1.82) is 0 Å². The van der Waals surface area contributed by atoms with Crippen LogP contribution in [0.4, 0.5) is 5.69 Å². The molecule has 1 saturated carbocycles. The molecule has 1 fully saturated rings. The Labute approximate surface area is 159 Å². The smallest absolute Gasteiger partial charge is 0.287 e. The summed E-state index contributed by atoms with van der Waals surface area (Å²) in [4.78, 5) is 26.1. The van der Waals surface area contributed by atoms with Gasteiger partial charge in [0.1, 0.15) is 5.75 Å². The highest BCUT2D eigenvalue weighted by Crippen LogP contribution is 2.19. The molecule has 1 unspecified atom stereocenters. The van der Waals surface area contributed by atoms with Crippen molar-refractivity contribution < 1.29 is 19.2 Å². The van der Waals surface area contributed by atoms with Crippen molar-refractivity contribution in [2.24, 2.45) is 0 Å². The molecule has 0 saturated heterocycles. The fraction of sp³-hybridized carbons (Fsp3) is 0.333. The molecular weight excluding hydrogens is 342 g/mol. The highest BCUT2D eigenvalue weighted by molar-refractivity contribution is 5.95. The Kier molecular flexibility index (Phi) is 6.08. The van der Waals surface area contributed by atoms with Crippen molar-refractivity contribution >= 4 is 17.5 Å². The summed E-state index contributed by atoms with van der Waals surface area (Å²) in [6, 6.07) is 16.6. The average molecular weight is 368 g/mol. The van der Waals surface area contributed by atoms with E-state index in [9.17, 15) is 9.59 Å². The first-order chi connectivity index (χ1) is 13.1. The van der Waals surface area contributed by atoms with Crippen LogP contribution < -0.4 is 20.3 Å². The van der Waals surface area contributed by atoms with Crippen molar-refractivity contribution in [3.05, 3.63) is 60.2 Å². The Bertz CT molecular complexity index is 790. The number of amides is 2. The second-order valence-corrected chi connectivity index (χ2v) is 6.93. The lowest BCUT2D eigenvalue weighted by Crippen LogP contribution is -3.11. The van der Waals surface area contributed by atoms with Crippen LogP contribution in [0.2, 0.25) is 0 Å². The van der Waals surface area contributed by atoms with Gasteiger partial charge in [-0.3, -0.25) is 9.59 Å². The van der Waals surface area contributed by atoms with E-state index in [1.807, 2.05) is 55.6 Å². The molecule has 3 N–H and O–H groups in total. The normalized spacial score (nSPS) is 15.5. The third kappa shape index (κ3) is 5.31. The van der Waals surface area contributed by atoms with Gasteiger partial charge in [0.15, 0.2) is 12.6 Å². The predicted octanol–water partition coefficient (Wildman–Crippen LogP) is 1.17. The van der Waals surface area contributed by atoms with Crippen molar-refractivity contribution in [3.8, 4) is 5.75 Å². The van der Waals surface area contributed by atoms with Gasteiger partial charge < -0.3 is 20.3 Å². The van der Waals surface area contributed by atoms with Gasteiger partial charge in [-0.25, -0.2) is 0 Å². The third-order valence-corrected chi connectivity index (χ3v) is 4.61. The molecule has 3 rings (SSSR count). The van der Waals surface area contributed by atoms with E-state index < -0.39 is 6.04 Å². The summed E-state index contributed by atoms with van der Waals surface area (Å²) in [5.74, 6) is 0.491. The van der Waals surface area contributed by atoms with E-state index in [4.69, 9.17) is 4.74 Å². The summed E-state index contributed by atoms with van der Waals surface area (Å²) >= 11 is 0. The number of quaternary nitrogens is 1. The van der Waals surface area contributed by atoms with E-state index in [1.165, 1.54) is 0 Å². The molecule has 0 heterocycles. The fourth-order valence-electron chi connectivity index (χ4n) is 3.08.